The number of carboxylic acids is 3. The number of thioether (sulfide) groups is 1. The van der Waals surface area contributed by atoms with Gasteiger partial charge in [0.25, 0.3) is 17.9 Å². The van der Waals surface area contributed by atoms with Crippen molar-refractivity contribution in [2.75, 3.05) is 49.8 Å². The number of aryl methyl sites for hydroxylation is 3. The van der Waals surface area contributed by atoms with Gasteiger partial charge in [0.15, 0.2) is 17.5 Å². The Balaban J connectivity index is 0. The summed E-state index contributed by atoms with van der Waals surface area (Å²) in [6.45, 7) is 25.0. The van der Waals surface area contributed by atoms with Gasteiger partial charge in [0.05, 0.1) is 69.2 Å². The van der Waals surface area contributed by atoms with Gasteiger partial charge in [-0.25, -0.2) is 4.98 Å². The van der Waals surface area contributed by atoms with Crippen molar-refractivity contribution in [3.63, 3.8) is 0 Å². The van der Waals surface area contributed by atoms with Crippen LogP contribution in [0.3, 0.4) is 0 Å². The van der Waals surface area contributed by atoms with Crippen LogP contribution in [0.5, 0.6) is 0 Å². The van der Waals surface area contributed by atoms with Gasteiger partial charge >= 0.3 is 70.4 Å². The van der Waals surface area contributed by atoms with Gasteiger partial charge in [-0.3, -0.25) is 58.5 Å². The number of ether oxygens (including phenoxy) is 4. The number of hydrogen-bond donors (Lipinski definition) is 8. The predicted molar refractivity (Wildman–Crippen MR) is 474 cm³/mol. The first-order valence-corrected chi connectivity index (χ1v) is 49.8. The molecule has 0 aliphatic rings. The molecular weight excluding hydrogens is 1950 g/mol. The Morgan fingerprint density at radius 1 is 0.463 bits per heavy atom. The number of nitrogens with one attached hydrogen (secondary N) is 2. The second-order valence-corrected chi connectivity index (χ2v) is 27.6. The second kappa shape index (κ2) is 68.9. The van der Waals surface area contributed by atoms with Crippen LogP contribution in [0.1, 0.15) is 135 Å². The molecular formula is C79H106BrI2N25O14SZn. The van der Waals surface area contributed by atoms with E-state index >= 15 is 0 Å². The fraction of sp³-hybridized carbons (Fsp3) is 0.418. The molecule has 0 fully saturated rings. The number of aliphatic carboxylic acids is 3. The number of aromatic nitrogens is 18. The Hall–Kier alpha value is -10.6. The Bertz CT molecular complexity index is 4430. The third kappa shape index (κ3) is 53.8. The second-order valence-electron chi connectivity index (χ2n) is 25.1. The molecule has 0 bridgehead atoms. The Morgan fingerprint density at radius 3 is 1.01 bits per heavy atom. The first-order chi connectivity index (χ1) is 58.6. The number of carbonyl (C=O) groups excluding carboxylic acids is 4. The minimum atomic E-state index is -1.04. The summed E-state index contributed by atoms with van der Waals surface area (Å²) in [5, 5.41) is 95.2. The number of alkyl halides is 1. The van der Waals surface area contributed by atoms with Crippen molar-refractivity contribution in [2.24, 2.45) is 52.7 Å². The molecule has 0 unspecified atom stereocenters. The molecule has 0 saturated carbocycles. The van der Waals surface area contributed by atoms with Crippen LogP contribution >= 0.6 is 70.0 Å². The molecule has 11 N–H and O–H groups in total. The third-order valence-corrected chi connectivity index (χ3v) is 17.2. The van der Waals surface area contributed by atoms with E-state index in [9.17, 15) is 33.6 Å². The molecule has 9 aromatic heterocycles. The van der Waals surface area contributed by atoms with Crippen LogP contribution in [0.15, 0.2) is 120 Å². The standard InChI is InChI=1S/C13H16N6O2.C12H15N7O2.C11H16N2O2.C11H12N2O2.C10H14N2O2.C6H3BrN2.C5H9IO2.C5H9O2.C4H6N4S.C2H6.HI.Zn/c1-8(12(20)21)5-11-4-3-10(6-14-11)7-15-13-18-16-9(2)17-19-13;1-7-16-18-12(19-17-7)15-6-8-2-3-9(14-5-8)4-10(13)11(20)21;2*1-8(11(14)15-2)5-10-4-3-9(6-12)7-13-10;1-7(10(13)14)4-9-3-2-8(5-11)6-12-9;7-6-2-1-5(3-8)4-9-6;1-4(3-6)5(7)8-2;1-4(2)5(6)7-3;1-3-5-7-4(9-2)8-6-3;1-2;;/h3-4,6,8H,5,7H2,1-2H3,(H,20,21)(H,15,18,19);2-3,5,10H,4,6,13H2,1H3,(H,20,21)(H,15,18,19);3-4,7-8H,5-6,12H2,1-2H3;3-4,7-8H,5H2,1-2H3;2-3,6-7H,4-5,11H2,1H3,(H,13,14);1-2,4H;4H,3H2,1-2H3;4H,1H2,2-3H3;1-2H3;1-2H3;1H;/q;;;;;;;-1;;;;+2/p-1/t8-;10-;2*8-;7-;;2*4-;;;;/m00000.01..../s1. The fourth-order valence-electron chi connectivity index (χ4n) is 8.00. The van der Waals surface area contributed by atoms with E-state index in [0.29, 0.717) is 103 Å². The number of esters is 4. The molecule has 0 amide bonds. The molecule has 9 aromatic rings. The van der Waals surface area contributed by atoms with Gasteiger partial charge in [-0.1, -0.05) is 120 Å². The molecule has 0 aromatic carbocycles. The van der Waals surface area contributed by atoms with Gasteiger partial charge in [-0.2, -0.15) is 10.5 Å². The number of nitriles is 2. The molecule has 9 heterocycles. The van der Waals surface area contributed by atoms with E-state index in [2.05, 4.69) is 186 Å². The van der Waals surface area contributed by atoms with Crippen LogP contribution in [0.2, 0.25) is 0 Å². The Labute approximate surface area is 763 Å². The zero-order chi connectivity index (χ0) is 93.4. The SMILES string of the molecule is CC.COC(=O)[C@@H](C)CI.COC(=O)[C@@H](C)Cc1ccc(C#N)cn1.COC(=O)[C@@H](C)Cc1ccc(CN)cn1.CSc1nnc(C)nn1.C[C@@H](Cc1ccc(CN)cn1)C(=O)O.Cc1nnc(NCc2ccc(C[C@H](C)C(=O)O)nc2)nn1.Cc1nnc(NCc2ccc(C[C@H](N)C(=O)O)nc2)nn1.N#Cc1ccc(Br)nc1.[CH2-][C@H](C)C(=O)OC.[Zn+][I]. The summed E-state index contributed by atoms with van der Waals surface area (Å²) in [6.07, 6.45) is 13.9. The molecule has 0 radical (unpaired) electrons. The van der Waals surface area contributed by atoms with Gasteiger partial charge in [0, 0.05) is 128 Å². The maximum absolute atomic E-state index is 11.2. The number of carbonyl (C=O) groups is 7. The fourth-order valence-corrected chi connectivity index (χ4v) is 8.84. The number of halogens is 3. The van der Waals surface area contributed by atoms with Gasteiger partial charge in [0.1, 0.15) is 22.8 Å². The summed E-state index contributed by atoms with van der Waals surface area (Å²) in [6, 6.07) is 24.7. The number of carboxylic acid groups (broad SMARTS) is 3. The van der Waals surface area contributed by atoms with Crippen molar-refractivity contribution in [1.82, 2.24) is 91.1 Å². The molecule has 0 spiro atoms. The summed E-state index contributed by atoms with van der Waals surface area (Å²) in [5.74, 6) is -2.62. The van der Waals surface area contributed by atoms with E-state index in [1.165, 1.54) is 67.4 Å². The normalized spacial score (nSPS) is 11.4. The summed E-state index contributed by atoms with van der Waals surface area (Å²) >= 11 is 10.4. The van der Waals surface area contributed by atoms with E-state index in [4.69, 9.17) is 43.0 Å². The number of rotatable bonds is 27. The van der Waals surface area contributed by atoms with Crippen molar-refractivity contribution in [3.8, 4) is 12.1 Å². The van der Waals surface area contributed by atoms with Crippen LogP contribution in [0, 0.1) is 85.9 Å². The monoisotopic (exact) mass is 2060 g/mol. The third-order valence-electron chi connectivity index (χ3n) is 14.9. The van der Waals surface area contributed by atoms with Crippen molar-refractivity contribution in [1.29, 1.82) is 10.5 Å². The molecule has 660 valence electrons. The first kappa shape index (κ1) is 114. The van der Waals surface area contributed by atoms with E-state index in [1.807, 2.05) is 88.6 Å². The van der Waals surface area contributed by atoms with Gasteiger partial charge in [-0.05, 0) is 114 Å². The molecule has 7 atom stereocenters. The number of anilines is 2. The quantitative estimate of drug-likeness (QED) is 0.00347. The summed E-state index contributed by atoms with van der Waals surface area (Å²) in [7, 11) is 5.52. The number of pyridine rings is 6. The van der Waals surface area contributed by atoms with Crippen molar-refractivity contribution in [3.05, 3.63) is 201 Å². The van der Waals surface area contributed by atoms with Crippen molar-refractivity contribution < 1.29 is 82.6 Å². The molecule has 123 heavy (non-hydrogen) atoms. The van der Waals surface area contributed by atoms with Crippen LogP contribution < -0.4 is 27.8 Å². The van der Waals surface area contributed by atoms with Gasteiger partial charge < -0.3 is 69.0 Å². The number of methoxy groups -OCH3 is 4. The van der Waals surface area contributed by atoms with Gasteiger partial charge in [-0.15, -0.1) is 61.2 Å². The minimum absolute atomic E-state index is 0.0422. The predicted octanol–water partition coefficient (Wildman–Crippen LogP) is 9.16. The topological polar surface area (TPSA) is 599 Å². The Kier molecular flexibility index (Phi) is 64.1. The first-order valence-electron chi connectivity index (χ1n) is 37.2. The summed E-state index contributed by atoms with van der Waals surface area (Å²) < 4.78 is 19.6. The zero-order valence-corrected chi connectivity index (χ0v) is 81.2. The van der Waals surface area contributed by atoms with Crippen LogP contribution in [0.4, 0.5) is 11.9 Å². The van der Waals surface area contributed by atoms with Crippen LogP contribution in [-0.2, 0) is 126 Å². The number of nitrogens with two attached hydrogens (primary N) is 3. The van der Waals surface area contributed by atoms with E-state index in [1.54, 1.807) is 104 Å². The summed E-state index contributed by atoms with van der Waals surface area (Å²) in [4.78, 5) is 99.8. The average molecular weight is 2060 g/mol. The summed E-state index contributed by atoms with van der Waals surface area (Å²) in [5.41, 5.74) is 25.0. The van der Waals surface area contributed by atoms with E-state index in [-0.39, 0.29) is 54.0 Å². The van der Waals surface area contributed by atoms with E-state index in [0.717, 1.165) is 54.1 Å². The van der Waals surface area contributed by atoms with Crippen molar-refractivity contribution in [2.45, 2.75) is 146 Å². The zero-order valence-electron chi connectivity index (χ0n) is 71.5. The number of nitrogens with zero attached hydrogens (tertiary/aromatic N) is 20. The molecule has 39 nitrogen and oxygen atoms in total. The Morgan fingerprint density at radius 2 is 0.764 bits per heavy atom. The molecule has 9 rings (SSSR count). The molecule has 0 saturated heterocycles. The molecule has 0 aliphatic carbocycles. The van der Waals surface area contributed by atoms with E-state index < -0.39 is 35.8 Å². The average Bonchev–Trinajstić information content (AvgIpc) is 0.928. The number of hydrogen-bond acceptors (Lipinski definition) is 37. The maximum atomic E-state index is 11.2. The molecule has 0 aliphatic heterocycles. The molecule has 44 heteroatoms. The van der Waals surface area contributed by atoms with Crippen molar-refractivity contribution >= 4 is 124 Å². The van der Waals surface area contributed by atoms with Crippen LogP contribution in [0.25, 0.3) is 0 Å². The van der Waals surface area contributed by atoms with Crippen LogP contribution in [-0.4, -0.2) is 193 Å². The van der Waals surface area contributed by atoms with Gasteiger partial charge in [0.2, 0.25) is 5.16 Å².